The molecule has 0 aliphatic carbocycles. The summed E-state index contributed by atoms with van der Waals surface area (Å²) in [6.45, 7) is 9.19. The van der Waals surface area contributed by atoms with Gasteiger partial charge in [0.25, 0.3) is 5.91 Å². The number of benzene rings is 2. The Morgan fingerprint density at radius 3 is 2.23 bits per heavy atom. The van der Waals surface area contributed by atoms with Gasteiger partial charge in [-0.25, -0.2) is 5.43 Å². The van der Waals surface area contributed by atoms with Gasteiger partial charge in [0, 0.05) is 22.6 Å². The number of carbonyl (C=O) groups is 1. The minimum Gasteiger partial charge on any atom is -0.494 e. The molecule has 3 rings (SSSR count). The Balaban J connectivity index is 1.54. The zero-order valence-corrected chi connectivity index (χ0v) is 18.1. The molecule has 156 valence electrons. The molecule has 0 saturated carbocycles. The van der Waals surface area contributed by atoms with E-state index < -0.39 is 0 Å². The summed E-state index contributed by atoms with van der Waals surface area (Å²) < 4.78 is 7.86. The number of hydrazone groups is 1. The summed E-state index contributed by atoms with van der Waals surface area (Å²) in [5, 5.41) is 4.06. The van der Waals surface area contributed by atoms with E-state index in [-0.39, 0.29) is 5.91 Å². The molecule has 0 spiro atoms. The first kappa shape index (κ1) is 21.4. The zero-order valence-electron chi connectivity index (χ0n) is 18.1. The fourth-order valence-corrected chi connectivity index (χ4v) is 3.13. The molecule has 1 heterocycles. The zero-order chi connectivity index (χ0) is 21.5. The average Bonchev–Trinajstić information content (AvgIpc) is 3.07. The number of amides is 1. The van der Waals surface area contributed by atoms with Crippen molar-refractivity contribution in [3.05, 3.63) is 83.2 Å². The van der Waals surface area contributed by atoms with Gasteiger partial charge in [-0.2, -0.15) is 5.10 Å². The molecule has 0 unspecified atom stereocenters. The number of hydrogen-bond acceptors (Lipinski definition) is 3. The van der Waals surface area contributed by atoms with E-state index in [9.17, 15) is 4.79 Å². The van der Waals surface area contributed by atoms with E-state index in [1.54, 1.807) is 6.21 Å². The fourth-order valence-electron chi connectivity index (χ4n) is 3.13. The van der Waals surface area contributed by atoms with Gasteiger partial charge in [-0.15, -0.1) is 0 Å². The molecule has 0 atom stereocenters. The minimum absolute atomic E-state index is 0.243. The average molecular weight is 404 g/mol. The molecule has 0 bridgehead atoms. The standard InChI is InChI=1S/C25H29N3O2/c1-18(2)15-16-30-24-13-7-21(8-14-24)17-26-27-25(29)22-9-11-23(12-10-22)28-19(3)5-6-20(28)4/h5-14,17-18H,15-16H2,1-4H3,(H,27,29). The molecule has 0 fully saturated rings. The SMILES string of the molecule is Cc1ccc(C)n1-c1ccc(C(=O)NN=Cc2ccc(OCCC(C)C)cc2)cc1. The summed E-state index contributed by atoms with van der Waals surface area (Å²) >= 11 is 0. The predicted molar refractivity (Wildman–Crippen MR) is 122 cm³/mol. The van der Waals surface area contributed by atoms with Gasteiger partial charge < -0.3 is 9.30 Å². The lowest BCUT2D eigenvalue weighted by molar-refractivity contribution is 0.0955. The highest BCUT2D eigenvalue weighted by molar-refractivity contribution is 5.95. The molecule has 5 heteroatoms. The predicted octanol–water partition coefficient (Wildman–Crippen LogP) is 5.28. The molecular formula is C25H29N3O2. The largest absolute Gasteiger partial charge is 0.494 e. The number of aryl methyl sites for hydroxylation is 2. The smallest absolute Gasteiger partial charge is 0.271 e. The van der Waals surface area contributed by atoms with E-state index in [4.69, 9.17) is 4.74 Å². The minimum atomic E-state index is -0.243. The van der Waals surface area contributed by atoms with Crippen molar-refractivity contribution < 1.29 is 9.53 Å². The summed E-state index contributed by atoms with van der Waals surface area (Å²) in [6, 6.07) is 19.3. The fraction of sp³-hybridized carbons (Fsp3) is 0.280. The number of nitrogens with zero attached hydrogens (tertiary/aromatic N) is 2. The van der Waals surface area contributed by atoms with Crippen molar-refractivity contribution in [2.45, 2.75) is 34.1 Å². The molecule has 0 aliphatic heterocycles. The molecule has 1 amide bonds. The van der Waals surface area contributed by atoms with E-state index in [2.05, 4.69) is 54.9 Å². The molecule has 0 saturated heterocycles. The van der Waals surface area contributed by atoms with Crippen molar-refractivity contribution in [1.82, 2.24) is 9.99 Å². The van der Waals surface area contributed by atoms with E-state index in [0.717, 1.165) is 34.8 Å². The van der Waals surface area contributed by atoms with Crippen molar-refractivity contribution >= 4 is 12.1 Å². The molecule has 5 nitrogen and oxygen atoms in total. The summed E-state index contributed by atoms with van der Waals surface area (Å²) in [5.74, 6) is 1.22. The number of aromatic nitrogens is 1. The van der Waals surface area contributed by atoms with Crippen LogP contribution in [0.1, 0.15) is 47.6 Å². The Hall–Kier alpha value is -3.34. The van der Waals surface area contributed by atoms with Crippen LogP contribution in [0, 0.1) is 19.8 Å². The van der Waals surface area contributed by atoms with Crippen molar-refractivity contribution in [3.8, 4) is 11.4 Å². The van der Waals surface area contributed by atoms with Crippen molar-refractivity contribution in [1.29, 1.82) is 0 Å². The Morgan fingerprint density at radius 1 is 1.00 bits per heavy atom. The van der Waals surface area contributed by atoms with Crippen LogP contribution in [0.3, 0.4) is 0 Å². The van der Waals surface area contributed by atoms with Gasteiger partial charge in [-0.1, -0.05) is 13.8 Å². The van der Waals surface area contributed by atoms with E-state index in [1.165, 1.54) is 0 Å². The topological polar surface area (TPSA) is 55.6 Å². The van der Waals surface area contributed by atoms with Gasteiger partial charge in [-0.05, 0) is 92.4 Å². The quantitative estimate of drug-likeness (QED) is 0.411. The Kier molecular flexibility index (Phi) is 7.07. The summed E-state index contributed by atoms with van der Waals surface area (Å²) in [7, 11) is 0. The Bertz CT molecular complexity index is 980. The monoisotopic (exact) mass is 403 g/mol. The van der Waals surface area contributed by atoms with Gasteiger partial charge in [0.2, 0.25) is 0 Å². The molecule has 1 N–H and O–H groups in total. The number of rotatable bonds is 8. The highest BCUT2D eigenvalue weighted by Gasteiger charge is 2.07. The molecule has 30 heavy (non-hydrogen) atoms. The van der Waals surface area contributed by atoms with Crippen LogP contribution < -0.4 is 10.2 Å². The van der Waals surface area contributed by atoms with Crippen molar-refractivity contribution in [2.24, 2.45) is 11.0 Å². The van der Waals surface area contributed by atoms with E-state index in [0.29, 0.717) is 18.1 Å². The van der Waals surface area contributed by atoms with Crippen molar-refractivity contribution in [2.75, 3.05) is 6.61 Å². The Labute approximate surface area is 178 Å². The maximum atomic E-state index is 12.3. The van der Waals surface area contributed by atoms with Gasteiger partial charge in [0.15, 0.2) is 0 Å². The molecule has 0 radical (unpaired) electrons. The third-order valence-corrected chi connectivity index (χ3v) is 4.88. The molecule has 3 aromatic rings. The van der Waals surface area contributed by atoms with Gasteiger partial charge in [-0.3, -0.25) is 4.79 Å². The van der Waals surface area contributed by atoms with Crippen molar-refractivity contribution in [3.63, 3.8) is 0 Å². The normalized spacial score (nSPS) is 11.2. The molecule has 2 aromatic carbocycles. The first-order valence-corrected chi connectivity index (χ1v) is 10.3. The lowest BCUT2D eigenvalue weighted by atomic mass is 10.1. The Morgan fingerprint density at radius 2 is 1.63 bits per heavy atom. The van der Waals surface area contributed by atoms with Gasteiger partial charge in [0.05, 0.1) is 12.8 Å². The first-order valence-electron chi connectivity index (χ1n) is 10.3. The molecule has 1 aromatic heterocycles. The van der Waals surface area contributed by atoms with Crippen LogP contribution >= 0.6 is 0 Å². The summed E-state index contributed by atoms with van der Waals surface area (Å²) in [4.78, 5) is 12.3. The van der Waals surface area contributed by atoms with Crippen LogP contribution in [-0.2, 0) is 0 Å². The maximum absolute atomic E-state index is 12.3. The second-order valence-corrected chi connectivity index (χ2v) is 7.80. The molecular weight excluding hydrogens is 374 g/mol. The van der Waals surface area contributed by atoms with E-state index >= 15 is 0 Å². The van der Waals surface area contributed by atoms with Crippen LogP contribution in [-0.4, -0.2) is 23.3 Å². The lowest BCUT2D eigenvalue weighted by Crippen LogP contribution is -2.17. The highest BCUT2D eigenvalue weighted by atomic mass is 16.5. The first-order chi connectivity index (χ1) is 14.4. The maximum Gasteiger partial charge on any atom is 0.271 e. The second kappa shape index (κ2) is 9.92. The van der Waals surface area contributed by atoms with Crippen LogP contribution in [0.5, 0.6) is 5.75 Å². The third kappa shape index (κ3) is 5.60. The summed E-state index contributed by atoms with van der Waals surface area (Å²) in [6.07, 6.45) is 2.65. The number of hydrogen-bond donors (Lipinski definition) is 1. The number of ether oxygens (including phenoxy) is 1. The van der Waals surface area contributed by atoms with Gasteiger partial charge >= 0.3 is 0 Å². The van der Waals surface area contributed by atoms with Crippen LogP contribution in [0.25, 0.3) is 5.69 Å². The van der Waals surface area contributed by atoms with Crippen LogP contribution in [0.15, 0.2) is 65.8 Å². The van der Waals surface area contributed by atoms with Crippen LogP contribution in [0.4, 0.5) is 0 Å². The molecule has 0 aliphatic rings. The van der Waals surface area contributed by atoms with Gasteiger partial charge in [0.1, 0.15) is 5.75 Å². The summed E-state index contributed by atoms with van der Waals surface area (Å²) in [5.41, 5.74) is 7.38. The third-order valence-electron chi connectivity index (χ3n) is 4.88. The highest BCUT2D eigenvalue weighted by Crippen LogP contribution is 2.17. The number of carbonyl (C=O) groups excluding carboxylic acids is 1. The van der Waals surface area contributed by atoms with E-state index in [1.807, 2.05) is 48.5 Å². The lowest BCUT2D eigenvalue weighted by Gasteiger charge is -2.10. The second-order valence-electron chi connectivity index (χ2n) is 7.80. The van der Waals surface area contributed by atoms with Crippen LogP contribution in [0.2, 0.25) is 0 Å². The number of nitrogens with one attached hydrogen (secondary N) is 1.